The van der Waals surface area contributed by atoms with Crippen LogP contribution in [0.1, 0.15) is 29.2 Å². The number of aromatic nitrogens is 1. The third-order valence-electron chi connectivity index (χ3n) is 4.30. The summed E-state index contributed by atoms with van der Waals surface area (Å²) in [5.41, 5.74) is 2.40. The molecule has 1 atom stereocenters. The Kier molecular flexibility index (Phi) is 6.09. The monoisotopic (exact) mass is 348 g/mol. The lowest BCUT2D eigenvalue weighted by Gasteiger charge is -2.18. The van der Waals surface area contributed by atoms with Crippen LogP contribution < -0.4 is 5.32 Å². The Morgan fingerprint density at radius 2 is 1.69 bits per heavy atom. The van der Waals surface area contributed by atoms with Crippen LogP contribution in [-0.2, 0) is 11.2 Å². The van der Waals surface area contributed by atoms with Gasteiger partial charge in [0.2, 0.25) is 5.91 Å². The molecule has 0 radical (unpaired) electrons. The van der Waals surface area contributed by atoms with Gasteiger partial charge in [-0.25, -0.2) is 4.39 Å². The molecular formula is C22H21FN2O. The Balaban J connectivity index is 1.68. The normalized spacial score (nSPS) is 11.7. The van der Waals surface area contributed by atoms with Gasteiger partial charge >= 0.3 is 0 Å². The zero-order chi connectivity index (χ0) is 18.2. The van der Waals surface area contributed by atoms with Gasteiger partial charge in [0.25, 0.3) is 0 Å². The van der Waals surface area contributed by atoms with Crippen molar-refractivity contribution in [3.63, 3.8) is 0 Å². The largest absolute Gasteiger partial charge is 0.356 e. The number of hydrogen-bond acceptors (Lipinski definition) is 2. The fraction of sp³-hybridized carbons (Fsp3) is 0.182. The van der Waals surface area contributed by atoms with Gasteiger partial charge in [-0.3, -0.25) is 9.78 Å². The fourth-order valence-corrected chi connectivity index (χ4v) is 2.98. The molecule has 0 saturated carbocycles. The van der Waals surface area contributed by atoms with E-state index in [0.29, 0.717) is 18.5 Å². The van der Waals surface area contributed by atoms with Crippen LogP contribution in [0.5, 0.6) is 0 Å². The van der Waals surface area contributed by atoms with Crippen molar-refractivity contribution in [2.24, 2.45) is 0 Å². The second kappa shape index (κ2) is 8.90. The summed E-state index contributed by atoms with van der Waals surface area (Å²) in [6, 6.07) is 21.9. The Hall–Kier alpha value is -3.01. The number of pyridine rings is 1. The van der Waals surface area contributed by atoms with E-state index in [9.17, 15) is 9.18 Å². The maximum Gasteiger partial charge on any atom is 0.220 e. The highest BCUT2D eigenvalue weighted by atomic mass is 19.1. The van der Waals surface area contributed by atoms with E-state index >= 15 is 0 Å². The molecule has 26 heavy (non-hydrogen) atoms. The van der Waals surface area contributed by atoms with Crippen molar-refractivity contribution in [3.8, 4) is 0 Å². The number of amides is 1. The molecule has 2 aromatic carbocycles. The maximum absolute atomic E-state index is 14.3. The molecule has 1 amide bonds. The Morgan fingerprint density at radius 1 is 0.962 bits per heavy atom. The lowest BCUT2D eigenvalue weighted by molar-refractivity contribution is -0.121. The highest BCUT2D eigenvalue weighted by Gasteiger charge is 2.20. The van der Waals surface area contributed by atoms with Gasteiger partial charge in [-0.05, 0) is 29.3 Å². The topological polar surface area (TPSA) is 42.0 Å². The Morgan fingerprint density at radius 3 is 2.42 bits per heavy atom. The number of hydrogen-bond donors (Lipinski definition) is 1. The molecule has 132 valence electrons. The summed E-state index contributed by atoms with van der Waals surface area (Å²) in [5, 5.41) is 2.92. The van der Waals surface area contributed by atoms with Crippen molar-refractivity contribution in [2.75, 3.05) is 6.54 Å². The fourth-order valence-electron chi connectivity index (χ4n) is 2.98. The van der Waals surface area contributed by atoms with E-state index in [1.807, 2.05) is 48.5 Å². The summed E-state index contributed by atoms with van der Waals surface area (Å²) >= 11 is 0. The molecule has 1 N–H and O–H groups in total. The minimum absolute atomic E-state index is 0.0990. The first-order valence-electron chi connectivity index (χ1n) is 8.70. The van der Waals surface area contributed by atoms with E-state index in [2.05, 4.69) is 10.3 Å². The molecular weight excluding hydrogens is 327 g/mol. The lowest BCUT2D eigenvalue weighted by atomic mass is 9.88. The van der Waals surface area contributed by atoms with Gasteiger partial charge in [-0.2, -0.15) is 0 Å². The molecule has 1 heterocycles. The Labute approximate surface area is 152 Å². The highest BCUT2D eigenvalue weighted by Crippen LogP contribution is 2.29. The molecule has 0 aliphatic rings. The standard InChI is InChI=1S/C22H21FN2O/c23-21-12-5-4-11-19(21)20(17-8-2-1-3-9-17)16-22(26)25-15-13-18-10-6-7-14-24-18/h1-12,14,20H,13,15-16H2,(H,25,26)/t20-/m1/s1. The van der Waals surface area contributed by atoms with Crippen molar-refractivity contribution in [3.05, 3.63) is 102 Å². The number of nitrogens with one attached hydrogen (secondary N) is 1. The molecule has 1 aromatic heterocycles. The predicted octanol–water partition coefficient (Wildman–Crippen LogP) is 4.10. The molecule has 0 bridgehead atoms. The molecule has 3 rings (SSSR count). The van der Waals surface area contributed by atoms with Crippen LogP contribution in [0.2, 0.25) is 0 Å². The number of halogens is 1. The van der Waals surface area contributed by atoms with Crippen molar-refractivity contribution in [1.82, 2.24) is 10.3 Å². The summed E-state index contributed by atoms with van der Waals surface area (Å²) < 4.78 is 14.3. The minimum atomic E-state index is -0.313. The van der Waals surface area contributed by atoms with E-state index in [1.165, 1.54) is 6.07 Å². The first kappa shape index (κ1) is 17.8. The van der Waals surface area contributed by atoms with Crippen LogP contribution in [-0.4, -0.2) is 17.4 Å². The average molecular weight is 348 g/mol. The van der Waals surface area contributed by atoms with Crippen molar-refractivity contribution >= 4 is 5.91 Å². The zero-order valence-corrected chi connectivity index (χ0v) is 14.4. The smallest absolute Gasteiger partial charge is 0.220 e. The summed E-state index contributed by atoms with van der Waals surface area (Å²) in [5.74, 6) is -0.701. The first-order valence-corrected chi connectivity index (χ1v) is 8.70. The summed E-state index contributed by atoms with van der Waals surface area (Å²) in [4.78, 5) is 16.7. The number of rotatable bonds is 7. The number of carbonyl (C=O) groups excluding carboxylic acids is 1. The predicted molar refractivity (Wildman–Crippen MR) is 100 cm³/mol. The molecule has 0 fully saturated rings. The van der Waals surface area contributed by atoms with Gasteiger partial charge in [-0.15, -0.1) is 0 Å². The van der Waals surface area contributed by atoms with Crippen molar-refractivity contribution < 1.29 is 9.18 Å². The summed E-state index contributed by atoms with van der Waals surface area (Å²) in [7, 11) is 0. The summed E-state index contributed by atoms with van der Waals surface area (Å²) in [6.07, 6.45) is 2.61. The van der Waals surface area contributed by atoms with Gasteiger partial charge in [-0.1, -0.05) is 54.6 Å². The molecule has 0 unspecified atom stereocenters. The van der Waals surface area contributed by atoms with Gasteiger partial charge in [0.15, 0.2) is 0 Å². The van der Waals surface area contributed by atoms with E-state index in [0.717, 1.165) is 11.3 Å². The van der Waals surface area contributed by atoms with Crippen LogP contribution >= 0.6 is 0 Å². The van der Waals surface area contributed by atoms with Gasteiger partial charge < -0.3 is 5.32 Å². The Bertz CT molecular complexity index is 837. The zero-order valence-electron chi connectivity index (χ0n) is 14.4. The van der Waals surface area contributed by atoms with Crippen LogP contribution in [0.25, 0.3) is 0 Å². The van der Waals surface area contributed by atoms with Crippen molar-refractivity contribution in [2.45, 2.75) is 18.8 Å². The summed E-state index contributed by atoms with van der Waals surface area (Å²) in [6.45, 7) is 0.509. The van der Waals surface area contributed by atoms with Crippen molar-refractivity contribution in [1.29, 1.82) is 0 Å². The lowest BCUT2D eigenvalue weighted by Crippen LogP contribution is -2.27. The van der Waals surface area contributed by atoms with Gasteiger partial charge in [0.1, 0.15) is 5.82 Å². The van der Waals surface area contributed by atoms with E-state index < -0.39 is 0 Å². The molecule has 4 heteroatoms. The van der Waals surface area contributed by atoms with E-state index in [-0.39, 0.29) is 24.1 Å². The SMILES string of the molecule is O=C(C[C@H](c1ccccc1)c1ccccc1F)NCCc1ccccn1. The molecule has 0 aliphatic carbocycles. The van der Waals surface area contributed by atoms with Gasteiger partial charge in [0, 0.05) is 37.2 Å². The molecule has 0 aliphatic heterocycles. The minimum Gasteiger partial charge on any atom is -0.356 e. The van der Waals surface area contributed by atoms with Crippen LogP contribution in [0, 0.1) is 5.82 Å². The van der Waals surface area contributed by atoms with Crippen LogP contribution in [0.4, 0.5) is 4.39 Å². The number of benzene rings is 2. The quantitative estimate of drug-likeness (QED) is 0.698. The molecule has 0 saturated heterocycles. The number of carbonyl (C=O) groups is 1. The third-order valence-corrected chi connectivity index (χ3v) is 4.30. The molecule has 0 spiro atoms. The maximum atomic E-state index is 14.3. The number of nitrogens with zero attached hydrogens (tertiary/aromatic N) is 1. The van der Waals surface area contributed by atoms with E-state index in [1.54, 1.807) is 24.4 Å². The molecule has 3 aromatic rings. The third kappa shape index (κ3) is 4.76. The first-order chi connectivity index (χ1) is 12.7. The van der Waals surface area contributed by atoms with Gasteiger partial charge in [0.05, 0.1) is 0 Å². The second-order valence-corrected chi connectivity index (χ2v) is 6.11. The second-order valence-electron chi connectivity index (χ2n) is 6.11. The van der Waals surface area contributed by atoms with Crippen LogP contribution in [0.3, 0.4) is 0 Å². The molecule has 3 nitrogen and oxygen atoms in total. The highest BCUT2D eigenvalue weighted by molar-refractivity contribution is 5.77. The average Bonchev–Trinajstić information content (AvgIpc) is 2.68. The van der Waals surface area contributed by atoms with E-state index in [4.69, 9.17) is 0 Å². The van der Waals surface area contributed by atoms with Crippen LogP contribution in [0.15, 0.2) is 79.0 Å².